The smallest absolute Gasteiger partial charge is 0.326 e. The number of aliphatic carboxylic acids is 1. The summed E-state index contributed by atoms with van der Waals surface area (Å²) >= 11 is 0. The molecule has 0 bridgehead atoms. The van der Waals surface area contributed by atoms with Crippen molar-refractivity contribution in [1.82, 2.24) is 4.90 Å². The molecule has 1 heterocycles. The molecule has 2 aliphatic rings. The van der Waals surface area contributed by atoms with Gasteiger partial charge >= 0.3 is 5.97 Å². The highest BCUT2D eigenvalue weighted by Gasteiger charge is 2.35. The lowest BCUT2D eigenvalue weighted by Gasteiger charge is -2.21. The predicted octanol–water partition coefficient (Wildman–Crippen LogP) is 0.809. The molecule has 0 spiro atoms. The predicted molar refractivity (Wildman–Crippen MR) is 73.0 cm³/mol. The molecule has 0 aromatic rings. The third-order valence-electron chi connectivity index (χ3n) is 4.27. The second-order valence-corrected chi connectivity index (χ2v) is 8.01. The number of carboxylic acid groups (broad SMARTS) is 1. The summed E-state index contributed by atoms with van der Waals surface area (Å²) in [6.45, 7) is 0.416. The van der Waals surface area contributed by atoms with E-state index in [4.69, 9.17) is 5.11 Å². The number of rotatable bonds is 5. The van der Waals surface area contributed by atoms with E-state index in [9.17, 15) is 18.0 Å². The third kappa shape index (κ3) is 3.31. The highest BCUT2D eigenvalue weighted by molar-refractivity contribution is 7.92. The molecule has 20 heavy (non-hydrogen) atoms. The fourth-order valence-electron chi connectivity index (χ4n) is 3.11. The average Bonchev–Trinajstić information content (AvgIpc) is 3.06. The molecule has 6 nitrogen and oxygen atoms in total. The molecule has 0 aromatic carbocycles. The number of nitrogens with zero attached hydrogens (tertiary/aromatic N) is 1. The van der Waals surface area contributed by atoms with Gasteiger partial charge in [-0.2, -0.15) is 0 Å². The number of carbonyl (C=O) groups is 2. The molecule has 2 fully saturated rings. The van der Waals surface area contributed by atoms with Crippen LogP contribution in [0.15, 0.2) is 0 Å². The summed E-state index contributed by atoms with van der Waals surface area (Å²) in [5.74, 6) is -1.51. The summed E-state index contributed by atoms with van der Waals surface area (Å²) in [6.07, 6.45) is 4.28. The van der Waals surface area contributed by atoms with Crippen LogP contribution in [0.1, 0.15) is 44.9 Å². The topological polar surface area (TPSA) is 91.8 Å². The van der Waals surface area contributed by atoms with E-state index >= 15 is 0 Å². The normalized spacial score (nSPS) is 24.2. The number of likely N-dealkylation sites (tertiary alicyclic amines) is 1. The standard InChI is InChI=1S/C13H21NO5S/c15-12(14-8-3-6-11(14)13(16)17)7-9-20(18,19)10-4-1-2-5-10/h10-11H,1-9H2,(H,16,17)/t11-/m0/s1. The Morgan fingerprint density at radius 1 is 1.10 bits per heavy atom. The van der Waals surface area contributed by atoms with Crippen LogP contribution in [0.2, 0.25) is 0 Å². The summed E-state index contributed by atoms with van der Waals surface area (Å²) in [4.78, 5) is 24.3. The maximum absolute atomic E-state index is 12.1. The first-order valence-corrected chi connectivity index (χ1v) is 8.87. The Hall–Kier alpha value is -1.11. The number of carboxylic acids is 1. The summed E-state index contributed by atoms with van der Waals surface area (Å²) in [5.41, 5.74) is 0. The van der Waals surface area contributed by atoms with Gasteiger partial charge in [-0.25, -0.2) is 13.2 Å². The van der Waals surface area contributed by atoms with E-state index in [1.165, 1.54) is 4.90 Å². The molecule has 0 aromatic heterocycles. The first-order valence-electron chi connectivity index (χ1n) is 7.15. The van der Waals surface area contributed by atoms with Crippen molar-refractivity contribution in [2.45, 2.75) is 56.2 Å². The van der Waals surface area contributed by atoms with Crippen molar-refractivity contribution in [3.63, 3.8) is 0 Å². The quantitative estimate of drug-likeness (QED) is 0.811. The first-order chi connectivity index (χ1) is 9.42. The van der Waals surface area contributed by atoms with E-state index in [1.54, 1.807) is 0 Å². The Bertz CT molecular complexity index is 481. The molecule has 1 atom stereocenters. The summed E-state index contributed by atoms with van der Waals surface area (Å²) in [6, 6.07) is -0.781. The minimum Gasteiger partial charge on any atom is -0.480 e. The van der Waals surface area contributed by atoms with Crippen molar-refractivity contribution in [2.24, 2.45) is 0 Å². The second-order valence-electron chi connectivity index (χ2n) is 5.61. The van der Waals surface area contributed by atoms with Crippen LogP contribution in [-0.4, -0.2) is 53.9 Å². The molecule has 1 amide bonds. The molecule has 114 valence electrons. The number of carbonyl (C=O) groups excluding carboxylic acids is 1. The Labute approximate surface area is 119 Å². The van der Waals surface area contributed by atoms with Gasteiger partial charge in [-0.05, 0) is 25.7 Å². The molecule has 7 heteroatoms. The molecule has 1 aliphatic heterocycles. The minimum atomic E-state index is -3.22. The number of amides is 1. The van der Waals surface area contributed by atoms with Crippen molar-refractivity contribution in [3.8, 4) is 0 Å². The second kappa shape index (κ2) is 6.11. The van der Waals surface area contributed by atoms with Crippen molar-refractivity contribution in [3.05, 3.63) is 0 Å². The van der Waals surface area contributed by atoms with Crippen LogP contribution in [0.5, 0.6) is 0 Å². The molecule has 1 aliphatic carbocycles. The largest absolute Gasteiger partial charge is 0.480 e. The average molecular weight is 303 g/mol. The van der Waals surface area contributed by atoms with E-state index in [2.05, 4.69) is 0 Å². The van der Waals surface area contributed by atoms with Crippen LogP contribution in [-0.2, 0) is 19.4 Å². The zero-order valence-electron chi connectivity index (χ0n) is 11.5. The fraction of sp³-hybridized carbons (Fsp3) is 0.846. The summed E-state index contributed by atoms with van der Waals surface area (Å²) < 4.78 is 24.2. The van der Waals surface area contributed by atoms with Crippen LogP contribution in [0.4, 0.5) is 0 Å². The zero-order valence-corrected chi connectivity index (χ0v) is 12.3. The monoisotopic (exact) mass is 303 g/mol. The lowest BCUT2D eigenvalue weighted by molar-refractivity contribution is -0.148. The summed E-state index contributed by atoms with van der Waals surface area (Å²) in [7, 11) is -3.22. The Morgan fingerprint density at radius 3 is 2.35 bits per heavy atom. The Morgan fingerprint density at radius 2 is 1.75 bits per heavy atom. The van der Waals surface area contributed by atoms with Gasteiger partial charge in [0.05, 0.1) is 11.0 Å². The first kappa shape index (κ1) is 15.3. The van der Waals surface area contributed by atoms with Crippen molar-refractivity contribution < 1.29 is 23.1 Å². The van der Waals surface area contributed by atoms with Gasteiger partial charge < -0.3 is 10.0 Å². The maximum atomic E-state index is 12.1. The lowest BCUT2D eigenvalue weighted by atomic mass is 10.2. The van der Waals surface area contributed by atoms with Gasteiger partial charge in [0, 0.05) is 13.0 Å². The van der Waals surface area contributed by atoms with E-state index in [-0.39, 0.29) is 23.3 Å². The highest BCUT2D eigenvalue weighted by atomic mass is 32.2. The molecular weight excluding hydrogens is 282 g/mol. The molecular formula is C13H21NO5S. The van der Waals surface area contributed by atoms with E-state index in [0.717, 1.165) is 12.8 Å². The summed E-state index contributed by atoms with van der Waals surface area (Å²) in [5, 5.41) is 8.72. The number of sulfone groups is 1. The number of hydrogen-bond acceptors (Lipinski definition) is 4. The molecule has 1 saturated carbocycles. The zero-order chi connectivity index (χ0) is 14.8. The SMILES string of the molecule is O=C(O)[C@@H]1CCCN1C(=O)CCS(=O)(=O)C1CCCC1. The Kier molecular flexibility index (Phi) is 4.67. The van der Waals surface area contributed by atoms with Crippen molar-refractivity contribution >= 4 is 21.7 Å². The highest BCUT2D eigenvalue weighted by Crippen LogP contribution is 2.26. The van der Waals surface area contributed by atoms with Crippen LogP contribution < -0.4 is 0 Å². The molecule has 0 radical (unpaired) electrons. The molecule has 0 unspecified atom stereocenters. The molecule has 1 N–H and O–H groups in total. The Balaban J connectivity index is 1.90. The van der Waals surface area contributed by atoms with E-state index in [1.807, 2.05) is 0 Å². The van der Waals surface area contributed by atoms with Gasteiger partial charge in [-0.1, -0.05) is 12.8 Å². The number of hydrogen-bond donors (Lipinski definition) is 1. The fourth-order valence-corrected chi connectivity index (χ4v) is 4.95. The van der Waals surface area contributed by atoms with Crippen molar-refractivity contribution in [1.29, 1.82) is 0 Å². The minimum absolute atomic E-state index is 0.0946. The van der Waals surface area contributed by atoms with Gasteiger partial charge in [0.25, 0.3) is 0 Å². The van der Waals surface area contributed by atoms with Gasteiger partial charge in [-0.3, -0.25) is 4.79 Å². The third-order valence-corrected chi connectivity index (χ3v) is 6.53. The van der Waals surface area contributed by atoms with Crippen LogP contribution in [0.3, 0.4) is 0 Å². The van der Waals surface area contributed by atoms with Crippen LogP contribution in [0, 0.1) is 0 Å². The maximum Gasteiger partial charge on any atom is 0.326 e. The lowest BCUT2D eigenvalue weighted by Crippen LogP contribution is -2.41. The van der Waals surface area contributed by atoms with Crippen LogP contribution in [0.25, 0.3) is 0 Å². The van der Waals surface area contributed by atoms with E-state index in [0.29, 0.717) is 32.2 Å². The van der Waals surface area contributed by atoms with Gasteiger partial charge in [0.2, 0.25) is 5.91 Å². The van der Waals surface area contributed by atoms with Gasteiger partial charge in [-0.15, -0.1) is 0 Å². The van der Waals surface area contributed by atoms with Crippen molar-refractivity contribution in [2.75, 3.05) is 12.3 Å². The van der Waals surface area contributed by atoms with Gasteiger partial charge in [0.1, 0.15) is 6.04 Å². The van der Waals surface area contributed by atoms with Crippen LogP contribution >= 0.6 is 0 Å². The molecule has 1 saturated heterocycles. The molecule has 2 rings (SSSR count). The van der Waals surface area contributed by atoms with E-state index < -0.39 is 21.8 Å². The van der Waals surface area contributed by atoms with Gasteiger partial charge in [0.15, 0.2) is 9.84 Å².